The summed E-state index contributed by atoms with van der Waals surface area (Å²) < 4.78 is 0. The third-order valence-corrected chi connectivity index (χ3v) is 5.87. The summed E-state index contributed by atoms with van der Waals surface area (Å²) in [6.07, 6.45) is 3.11. The van der Waals surface area contributed by atoms with Gasteiger partial charge in [0.05, 0.1) is 11.7 Å². The van der Waals surface area contributed by atoms with Gasteiger partial charge < -0.3 is 9.80 Å². The molecule has 0 bridgehead atoms. The highest BCUT2D eigenvalue weighted by atomic mass is 16.2. The van der Waals surface area contributed by atoms with E-state index in [2.05, 4.69) is 17.0 Å². The zero-order valence-corrected chi connectivity index (χ0v) is 16.4. The Balaban J connectivity index is 1.51. The van der Waals surface area contributed by atoms with E-state index >= 15 is 0 Å². The highest BCUT2D eigenvalue weighted by Gasteiger charge is 2.34. The summed E-state index contributed by atoms with van der Waals surface area (Å²) in [6.45, 7) is 2.23. The van der Waals surface area contributed by atoms with Gasteiger partial charge in [0.1, 0.15) is 6.54 Å². The first-order valence-electron chi connectivity index (χ1n) is 10.1. The zero-order valence-electron chi connectivity index (χ0n) is 16.4. The predicted molar refractivity (Wildman–Crippen MR) is 111 cm³/mol. The van der Waals surface area contributed by atoms with E-state index in [1.54, 1.807) is 4.90 Å². The van der Waals surface area contributed by atoms with Crippen LogP contribution in [-0.2, 0) is 9.59 Å². The summed E-state index contributed by atoms with van der Waals surface area (Å²) in [5.41, 5.74) is 3.05. The summed E-state index contributed by atoms with van der Waals surface area (Å²) >= 11 is 0. The molecule has 146 valence electrons. The summed E-state index contributed by atoms with van der Waals surface area (Å²) in [6, 6.07) is 18.0. The smallest absolute Gasteiger partial charge is 0.246 e. The lowest BCUT2D eigenvalue weighted by molar-refractivity contribution is -0.142. The molecule has 5 nitrogen and oxygen atoms in total. The Bertz CT molecular complexity index is 852. The fourth-order valence-electron chi connectivity index (χ4n) is 4.28. The summed E-state index contributed by atoms with van der Waals surface area (Å²) in [7, 11) is 2.01. The van der Waals surface area contributed by atoms with Crippen molar-refractivity contribution in [3.63, 3.8) is 0 Å². The number of piperazine rings is 1. The normalized spacial score (nSPS) is 21.0. The molecule has 2 aliphatic rings. The molecule has 0 aromatic heterocycles. The first kappa shape index (κ1) is 18.7. The number of likely N-dealkylation sites (N-methyl/N-ethyl adjacent to an activating group) is 1. The summed E-state index contributed by atoms with van der Waals surface area (Å²) in [4.78, 5) is 31.6. The number of nitrogens with zero attached hydrogens (tertiary/aromatic N) is 3. The minimum absolute atomic E-state index is 0.0126. The Labute approximate surface area is 166 Å². The van der Waals surface area contributed by atoms with Crippen LogP contribution in [0.5, 0.6) is 0 Å². The Kier molecular flexibility index (Phi) is 5.44. The molecular weight excluding hydrogens is 350 g/mol. The largest absolute Gasteiger partial charge is 0.330 e. The van der Waals surface area contributed by atoms with Gasteiger partial charge in [-0.3, -0.25) is 14.5 Å². The van der Waals surface area contributed by atoms with Gasteiger partial charge in [-0.25, -0.2) is 0 Å². The molecule has 0 spiro atoms. The van der Waals surface area contributed by atoms with E-state index < -0.39 is 0 Å². The van der Waals surface area contributed by atoms with Gasteiger partial charge in [-0.15, -0.1) is 0 Å². The number of hydrogen-bond acceptors (Lipinski definition) is 3. The zero-order chi connectivity index (χ0) is 19.5. The molecule has 2 fully saturated rings. The molecule has 0 saturated carbocycles. The van der Waals surface area contributed by atoms with Gasteiger partial charge in [0.2, 0.25) is 11.8 Å². The Hall–Kier alpha value is -2.66. The van der Waals surface area contributed by atoms with Gasteiger partial charge in [-0.2, -0.15) is 0 Å². The standard InChI is InChI=1S/C23H27N3O2/c1-24-14-8-7-13-21(24)23(28)25-15-16-26(22(27)17-25)20-12-6-5-11-19(20)18-9-3-2-4-10-18/h2-6,9-12,21H,7-8,13-17H2,1H3/t21-/m1/s1. The van der Waals surface area contributed by atoms with Gasteiger partial charge in [-0.05, 0) is 38.1 Å². The van der Waals surface area contributed by atoms with E-state index in [0.29, 0.717) is 13.1 Å². The molecule has 28 heavy (non-hydrogen) atoms. The van der Waals surface area contributed by atoms with Gasteiger partial charge in [0, 0.05) is 18.7 Å². The number of piperidine rings is 1. The maximum absolute atomic E-state index is 13.0. The Morgan fingerprint density at radius 1 is 0.929 bits per heavy atom. The van der Waals surface area contributed by atoms with Crippen LogP contribution in [0.1, 0.15) is 19.3 Å². The van der Waals surface area contributed by atoms with Gasteiger partial charge >= 0.3 is 0 Å². The molecule has 2 aliphatic heterocycles. The van der Waals surface area contributed by atoms with Crippen molar-refractivity contribution in [2.45, 2.75) is 25.3 Å². The van der Waals surface area contributed by atoms with Crippen molar-refractivity contribution in [1.29, 1.82) is 0 Å². The van der Waals surface area contributed by atoms with E-state index in [0.717, 1.165) is 42.6 Å². The first-order chi connectivity index (χ1) is 13.6. The molecule has 1 atom stereocenters. The maximum Gasteiger partial charge on any atom is 0.246 e. The van der Waals surface area contributed by atoms with Crippen molar-refractivity contribution in [1.82, 2.24) is 9.80 Å². The highest BCUT2D eigenvalue weighted by Crippen LogP contribution is 2.31. The highest BCUT2D eigenvalue weighted by molar-refractivity contribution is 6.01. The maximum atomic E-state index is 13.0. The minimum Gasteiger partial charge on any atom is -0.330 e. The lowest BCUT2D eigenvalue weighted by atomic mass is 10.0. The van der Waals surface area contributed by atoms with Crippen LogP contribution in [0.4, 0.5) is 5.69 Å². The lowest BCUT2D eigenvalue weighted by Gasteiger charge is -2.39. The summed E-state index contributed by atoms with van der Waals surface area (Å²) in [5, 5.41) is 0. The molecule has 2 aromatic carbocycles. The summed E-state index contributed by atoms with van der Waals surface area (Å²) in [5.74, 6) is 0.0907. The number of amides is 2. The van der Waals surface area contributed by atoms with Crippen LogP contribution in [0.3, 0.4) is 0 Å². The van der Waals surface area contributed by atoms with Gasteiger partial charge in [0.25, 0.3) is 0 Å². The second-order valence-electron chi connectivity index (χ2n) is 7.68. The Morgan fingerprint density at radius 2 is 1.68 bits per heavy atom. The van der Waals surface area contributed by atoms with Crippen LogP contribution in [0.25, 0.3) is 11.1 Å². The van der Waals surface area contributed by atoms with Crippen molar-refractivity contribution in [2.75, 3.05) is 38.1 Å². The number of likely N-dealkylation sites (tertiary alicyclic amines) is 1. The second kappa shape index (κ2) is 8.15. The number of hydrogen-bond donors (Lipinski definition) is 0. The molecule has 0 aliphatic carbocycles. The quantitative estimate of drug-likeness (QED) is 0.826. The molecule has 2 amide bonds. The Morgan fingerprint density at radius 3 is 2.43 bits per heavy atom. The molecular formula is C23H27N3O2. The molecule has 2 saturated heterocycles. The monoisotopic (exact) mass is 377 g/mol. The topological polar surface area (TPSA) is 43.9 Å². The van der Waals surface area contributed by atoms with Crippen molar-refractivity contribution < 1.29 is 9.59 Å². The van der Waals surface area contributed by atoms with Crippen molar-refractivity contribution in [3.8, 4) is 11.1 Å². The van der Waals surface area contributed by atoms with E-state index in [4.69, 9.17) is 0 Å². The average molecular weight is 377 g/mol. The van der Waals surface area contributed by atoms with Crippen LogP contribution in [0, 0.1) is 0 Å². The predicted octanol–water partition coefficient (Wildman–Crippen LogP) is 3.01. The molecule has 0 unspecified atom stereocenters. The van der Waals surface area contributed by atoms with E-state index in [1.165, 1.54) is 0 Å². The third kappa shape index (κ3) is 3.67. The number of anilines is 1. The van der Waals surface area contributed by atoms with Crippen LogP contribution in [0.15, 0.2) is 54.6 Å². The SMILES string of the molecule is CN1CCCC[C@@H]1C(=O)N1CCN(c2ccccc2-c2ccccc2)C(=O)C1. The van der Waals surface area contributed by atoms with Crippen LogP contribution < -0.4 is 4.90 Å². The van der Waals surface area contributed by atoms with E-state index in [1.807, 2.05) is 54.4 Å². The molecule has 4 rings (SSSR count). The fraction of sp³-hybridized carbons (Fsp3) is 0.391. The average Bonchev–Trinajstić information content (AvgIpc) is 2.74. The third-order valence-electron chi connectivity index (χ3n) is 5.87. The molecule has 2 aromatic rings. The number of benzene rings is 2. The van der Waals surface area contributed by atoms with E-state index in [9.17, 15) is 9.59 Å². The van der Waals surface area contributed by atoms with Crippen molar-refractivity contribution >= 4 is 17.5 Å². The van der Waals surface area contributed by atoms with Gasteiger partial charge in [-0.1, -0.05) is 55.0 Å². The number of carbonyl (C=O) groups is 2. The number of carbonyl (C=O) groups excluding carboxylic acids is 2. The molecule has 0 N–H and O–H groups in total. The number of rotatable bonds is 3. The van der Waals surface area contributed by atoms with Crippen molar-refractivity contribution in [2.24, 2.45) is 0 Å². The van der Waals surface area contributed by atoms with Crippen molar-refractivity contribution in [3.05, 3.63) is 54.6 Å². The lowest BCUT2D eigenvalue weighted by Crippen LogP contribution is -2.57. The minimum atomic E-state index is -0.0790. The molecule has 5 heteroatoms. The fourth-order valence-corrected chi connectivity index (χ4v) is 4.28. The van der Waals surface area contributed by atoms with Crippen LogP contribution in [0.2, 0.25) is 0 Å². The van der Waals surface area contributed by atoms with Crippen LogP contribution in [-0.4, -0.2) is 60.9 Å². The van der Waals surface area contributed by atoms with Crippen LogP contribution >= 0.6 is 0 Å². The van der Waals surface area contributed by atoms with Gasteiger partial charge in [0.15, 0.2) is 0 Å². The second-order valence-corrected chi connectivity index (χ2v) is 7.68. The first-order valence-corrected chi connectivity index (χ1v) is 10.1. The molecule has 2 heterocycles. The van der Waals surface area contributed by atoms with E-state index in [-0.39, 0.29) is 24.4 Å². The number of para-hydroxylation sites is 1. The molecule has 0 radical (unpaired) electrons.